The zero-order chi connectivity index (χ0) is 18.4. The van der Waals surface area contributed by atoms with Gasteiger partial charge in [-0.25, -0.2) is 9.59 Å². The van der Waals surface area contributed by atoms with E-state index in [-0.39, 0.29) is 22.7 Å². The highest BCUT2D eigenvalue weighted by atomic mass is 16.6. The van der Waals surface area contributed by atoms with E-state index < -0.39 is 28.1 Å². The van der Waals surface area contributed by atoms with Gasteiger partial charge in [0.1, 0.15) is 22.6 Å². The number of aromatic carboxylic acids is 2. The highest BCUT2D eigenvalue weighted by Gasteiger charge is 2.22. The minimum atomic E-state index is -1.36. The Hall–Kier alpha value is -3.82. The molecular formula is C14H13N3O7. The molecule has 0 aliphatic rings. The first-order chi connectivity index (χ1) is 11.2. The van der Waals surface area contributed by atoms with Crippen LogP contribution >= 0.6 is 0 Å². The SMILES string of the molecule is Nc1cccc(C(=O)O)c1[N+](=O)[O-].Nc1cccc(O)c1C(=O)O. The van der Waals surface area contributed by atoms with E-state index in [2.05, 4.69) is 0 Å². The Morgan fingerprint density at radius 2 is 1.50 bits per heavy atom. The monoisotopic (exact) mass is 335 g/mol. The number of hydrogen-bond donors (Lipinski definition) is 5. The van der Waals surface area contributed by atoms with Crippen molar-refractivity contribution < 1.29 is 29.8 Å². The molecule has 10 nitrogen and oxygen atoms in total. The van der Waals surface area contributed by atoms with Crippen LogP contribution in [0.5, 0.6) is 5.75 Å². The molecular weight excluding hydrogens is 322 g/mol. The fourth-order valence-electron chi connectivity index (χ4n) is 1.73. The third-order valence-corrected chi connectivity index (χ3v) is 2.77. The van der Waals surface area contributed by atoms with Crippen LogP contribution in [0.2, 0.25) is 0 Å². The lowest BCUT2D eigenvalue weighted by atomic mass is 10.1. The smallest absolute Gasteiger partial charge is 0.342 e. The predicted molar refractivity (Wildman–Crippen MR) is 83.9 cm³/mol. The summed E-state index contributed by atoms with van der Waals surface area (Å²) in [5.74, 6) is -2.89. The van der Waals surface area contributed by atoms with Gasteiger partial charge < -0.3 is 26.8 Å². The van der Waals surface area contributed by atoms with Crippen molar-refractivity contribution in [3.05, 3.63) is 57.6 Å². The maximum atomic E-state index is 10.5. The Bertz CT molecular complexity index is 785. The molecule has 0 aromatic heterocycles. The van der Waals surface area contributed by atoms with Crippen molar-refractivity contribution in [2.45, 2.75) is 0 Å². The number of carboxylic acid groups (broad SMARTS) is 2. The number of nitrogens with two attached hydrogens (primary N) is 2. The van der Waals surface area contributed by atoms with Gasteiger partial charge in [0.2, 0.25) is 0 Å². The molecule has 2 aromatic rings. The Morgan fingerprint density at radius 1 is 0.958 bits per heavy atom. The second kappa shape index (κ2) is 7.45. The van der Waals surface area contributed by atoms with Crippen LogP contribution in [0, 0.1) is 10.1 Å². The molecule has 7 N–H and O–H groups in total. The molecule has 2 aromatic carbocycles. The second-order valence-electron chi connectivity index (χ2n) is 4.35. The molecule has 0 amide bonds. The summed E-state index contributed by atoms with van der Waals surface area (Å²) in [4.78, 5) is 30.5. The highest BCUT2D eigenvalue weighted by molar-refractivity contribution is 5.96. The molecule has 0 bridgehead atoms. The number of hydrogen-bond acceptors (Lipinski definition) is 7. The van der Waals surface area contributed by atoms with Gasteiger partial charge in [-0.1, -0.05) is 12.1 Å². The molecule has 126 valence electrons. The highest BCUT2D eigenvalue weighted by Crippen LogP contribution is 2.25. The summed E-state index contributed by atoms with van der Waals surface area (Å²) in [6, 6.07) is 7.95. The normalized spacial score (nSPS) is 9.50. The minimum Gasteiger partial charge on any atom is -0.507 e. The summed E-state index contributed by atoms with van der Waals surface area (Å²) < 4.78 is 0. The lowest BCUT2D eigenvalue weighted by Gasteiger charge is -2.01. The van der Waals surface area contributed by atoms with Gasteiger partial charge in [0.25, 0.3) is 0 Å². The van der Waals surface area contributed by atoms with E-state index in [1.54, 1.807) is 0 Å². The number of nitro benzene ring substituents is 1. The second-order valence-corrected chi connectivity index (χ2v) is 4.35. The van der Waals surface area contributed by atoms with E-state index in [0.29, 0.717) is 0 Å². The van der Waals surface area contributed by atoms with E-state index in [9.17, 15) is 19.7 Å². The molecule has 0 heterocycles. The lowest BCUT2D eigenvalue weighted by molar-refractivity contribution is -0.384. The maximum Gasteiger partial charge on any atom is 0.342 e. The number of aromatic hydroxyl groups is 1. The third kappa shape index (κ3) is 4.10. The molecule has 0 aliphatic carbocycles. The lowest BCUT2D eigenvalue weighted by Crippen LogP contribution is -2.05. The van der Waals surface area contributed by atoms with Crippen molar-refractivity contribution in [2.24, 2.45) is 0 Å². The summed E-state index contributed by atoms with van der Waals surface area (Å²) in [6.07, 6.45) is 0. The van der Waals surface area contributed by atoms with Crippen molar-refractivity contribution in [2.75, 3.05) is 11.5 Å². The van der Waals surface area contributed by atoms with Gasteiger partial charge in [-0.15, -0.1) is 0 Å². The number of carboxylic acids is 2. The minimum absolute atomic E-state index is 0.0671. The Labute approximate surface area is 134 Å². The van der Waals surface area contributed by atoms with E-state index >= 15 is 0 Å². The maximum absolute atomic E-state index is 10.5. The summed E-state index contributed by atoms with van der Waals surface area (Å²) in [7, 11) is 0. The largest absolute Gasteiger partial charge is 0.507 e. The molecule has 0 unspecified atom stereocenters. The molecule has 0 saturated carbocycles. The number of nitro groups is 1. The number of para-hydroxylation sites is 1. The van der Waals surface area contributed by atoms with Crippen LogP contribution in [0.3, 0.4) is 0 Å². The standard InChI is InChI=1S/C7H6N2O4.C7H7NO3/c8-5-3-1-2-4(7(10)11)6(5)9(12)13;8-4-2-1-3-5(9)6(4)7(10)11/h1-3H,8H2,(H,10,11);1-3,9H,8H2,(H,10,11). The van der Waals surface area contributed by atoms with Crippen LogP contribution < -0.4 is 11.5 Å². The number of phenols is 1. The van der Waals surface area contributed by atoms with E-state index in [4.69, 9.17) is 26.8 Å². The molecule has 2 rings (SSSR count). The average molecular weight is 335 g/mol. The Morgan fingerprint density at radius 3 is 1.88 bits per heavy atom. The van der Waals surface area contributed by atoms with Crippen molar-refractivity contribution in [1.82, 2.24) is 0 Å². The fourth-order valence-corrected chi connectivity index (χ4v) is 1.73. The van der Waals surface area contributed by atoms with E-state index in [1.807, 2.05) is 0 Å². The number of anilines is 2. The quantitative estimate of drug-likeness (QED) is 0.314. The van der Waals surface area contributed by atoms with Gasteiger partial charge in [0.15, 0.2) is 0 Å². The van der Waals surface area contributed by atoms with Gasteiger partial charge in [0.05, 0.1) is 4.92 Å². The predicted octanol–water partition coefficient (Wildman–Crippen LogP) is 1.55. The van der Waals surface area contributed by atoms with Gasteiger partial charge in [-0.3, -0.25) is 10.1 Å². The first-order valence-electron chi connectivity index (χ1n) is 6.23. The van der Waals surface area contributed by atoms with Gasteiger partial charge in [0, 0.05) is 5.69 Å². The van der Waals surface area contributed by atoms with Gasteiger partial charge in [-0.2, -0.15) is 0 Å². The van der Waals surface area contributed by atoms with Crippen LogP contribution in [0.1, 0.15) is 20.7 Å². The molecule has 0 atom stereocenters. The summed E-state index contributed by atoms with van der Waals surface area (Å²) >= 11 is 0. The van der Waals surface area contributed by atoms with Crippen molar-refractivity contribution in [3.63, 3.8) is 0 Å². The number of nitrogens with zero attached hydrogens (tertiary/aromatic N) is 1. The van der Waals surface area contributed by atoms with Crippen LogP contribution in [0.15, 0.2) is 36.4 Å². The molecule has 10 heteroatoms. The number of rotatable bonds is 3. The zero-order valence-electron chi connectivity index (χ0n) is 12.0. The van der Waals surface area contributed by atoms with Crippen molar-refractivity contribution in [1.29, 1.82) is 0 Å². The van der Waals surface area contributed by atoms with Crippen LogP contribution in [-0.2, 0) is 0 Å². The summed E-state index contributed by atoms with van der Waals surface area (Å²) in [6.45, 7) is 0. The average Bonchev–Trinajstić information content (AvgIpc) is 2.46. The molecule has 24 heavy (non-hydrogen) atoms. The van der Waals surface area contributed by atoms with E-state index in [0.717, 1.165) is 6.07 Å². The summed E-state index contributed by atoms with van der Waals surface area (Å²) in [5, 5.41) is 36.5. The Balaban J connectivity index is 0.000000243. The van der Waals surface area contributed by atoms with Crippen LogP contribution in [-0.4, -0.2) is 32.2 Å². The van der Waals surface area contributed by atoms with Crippen molar-refractivity contribution >= 4 is 29.0 Å². The van der Waals surface area contributed by atoms with Crippen molar-refractivity contribution in [3.8, 4) is 5.75 Å². The molecule has 0 fully saturated rings. The van der Waals surface area contributed by atoms with Crippen LogP contribution in [0.4, 0.5) is 17.1 Å². The Kier molecular flexibility index (Phi) is 5.65. The topological polar surface area (TPSA) is 190 Å². The van der Waals surface area contributed by atoms with Crippen LogP contribution in [0.25, 0.3) is 0 Å². The number of benzene rings is 2. The zero-order valence-corrected chi connectivity index (χ0v) is 12.0. The number of carbonyl (C=O) groups is 2. The third-order valence-electron chi connectivity index (χ3n) is 2.77. The summed E-state index contributed by atoms with van der Waals surface area (Å²) in [5.41, 5.74) is 9.25. The van der Waals surface area contributed by atoms with Gasteiger partial charge >= 0.3 is 17.6 Å². The molecule has 0 aliphatic heterocycles. The van der Waals surface area contributed by atoms with Gasteiger partial charge in [-0.05, 0) is 24.3 Å². The first kappa shape index (κ1) is 18.2. The molecule has 0 radical (unpaired) electrons. The number of nitrogen functional groups attached to an aromatic ring is 2. The molecule has 0 spiro atoms. The fraction of sp³-hybridized carbons (Fsp3) is 0. The first-order valence-corrected chi connectivity index (χ1v) is 6.23. The van der Waals surface area contributed by atoms with E-state index in [1.165, 1.54) is 30.3 Å². The molecule has 0 saturated heterocycles.